The molecule has 0 N–H and O–H groups in total. The minimum atomic E-state index is -0.357. The molecule has 0 bridgehead atoms. The SMILES string of the molecule is CCC(C(=O)OC)N1CCOc2ccc(C(C)=O)cc21. The summed E-state index contributed by atoms with van der Waals surface area (Å²) in [4.78, 5) is 25.4. The highest BCUT2D eigenvalue weighted by molar-refractivity contribution is 5.96. The summed E-state index contributed by atoms with van der Waals surface area (Å²) in [7, 11) is 1.39. The summed E-state index contributed by atoms with van der Waals surface area (Å²) < 4.78 is 10.5. The number of rotatable bonds is 4. The van der Waals surface area contributed by atoms with Crippen molar-refractivity contribution >= 4 is 17.4 Å². The molecule has 2 rings (SSSR count). The average molecular weight is 277 g/mol. The van der Waals surface area contributed by atoms with Crippen LogP contribution in [0.15, 0.2) is 18.2 Å². The number of Topliss-reactive ketones (excluding diaryl/α,β-unsaturated/α-hetero) is 1. The van der Waals surface area contributed by atoms with E-state index in [9.17, 15) is 9.59 Å². The van der Waals surface area contributed by atoms with E-state index in [1.54, 1.807) is 18.2 Å². The lowest BCUT2D eigenvalue weighted by Crippen LogP contribution is -2.45. The van der Waals surface area contributed by atoms with Gasteiger partial charge < -0.3 is 14.4 Å². The Hall–Kier alpha value is -2.04. The van der Waals surface area contributed by atoms with Crippen molar-refractivity contribution in [2.45, 2.75) is 26.3 Å². The first kappa shape index (κ1) is 14.4. The van der Waals surface area contributed by atoms with Gasteiger partial charge in [0.15, 0.2) is 5.78 Å². The summed E-state index contributed by atoms with van der Waals surface area (Å²) in [5.41, 5.74) is 1.39. The van der Waals surface area contributed by atoms with Gasteiger partial charge in [0.1, 0.15) is 18.4 Å². The van der Waals surface area contributed by atoms with Crippen LogP contribution in [0.5, 0.6) is 5.75 Å². The number of carbonyl (C=O) groups is 2. The van der Waals surface area contributed by atoms with Crippen molar-refractivity contribution in [2.24, 2.45) is 0 Å². The van der Waals surface area contributed by atoms with E-state index in [1.807, 2.05) is 11.8 Å². The second-order valence-corrected chi connectivity index (χ2v) is 4.73. The second kappa shape index (κ2) is 5.94. The lowest BCUT2D eigenvalue weighted by Gasteiger charge is -2.36. The fourth-order valence-corrected chi connectivity index (χ4v) is 2.43. The number of anilines is 1. The molecule has 1 unspecified atom stereocenters. The summed E-state index contributed by atoms with van der Waals surface area (Å²) in [6.07, 6.45) is 0.635. The van der Waals surface area contributed by atoms with Crippen molar-refractivity contribution in [2.75, 3.05) is 25.2 Å². The van der Waals surface area contributed by atoms with Gasteiger partial charge in [0.2, 0.25) is 0 Å². The zero-order chi connectivity index (χ0) is 14.7. The van der Waals surface area contributed by atoms with E-state index in [4.69, 9.17) is 9.47 Å². The first-order valence-electron chi connectivity index (χ1n) is 6.70. The van der Waals surface area contributed by atoms with E-state index in [1.165, 1.54) is 14.0 Å². The van der Waals surface area contributed by atoms with Crippen molar-refractivity contribution in [3.05, 3.63) is 23.8 Å². The van der Waals surface area contributed by atoms with Gasteiger partial charge in [-0.05, 0) is 31.5 Å². The fourth-order valence-electron chi connectivity index (χ4n) is 2.43. The van der Waals surface area contributed by atoms with Crippen molar-refractivity contribution < 1.29 is 19.1 Å². The number of ether oxygens (including phenoxy) is 2. The highest BCUT2D eigenvalue weighted by Crippen LogP contribution is 2.34. The predicted octanol–water partition coefficient (Wildman–Crippen LogP) is 2.04. The van der Waals surface area contributed by atoms with E-state index < -0.39 is 0 Å². The molecule has 0 spiro atoms. The van der Waals surface area contributed by atoms with Crippen LogP contribution in [0.25, 0.3) is 0 Å². The number of esters is 1. The number of benzene rings is 1. The minimum absolute atomic E-state index is 0.00978. The number of methoxy groups -OCH3 is 1. The smallest absolute Gasteiger partial charge is 0.328 e. The third-order valence-corrected chi connectivity index (χ3v) is 3.50. The van der Waals surface area contributed by atoms with Gasteiger partial charge in [-0.2, -0.15) is 0 Å². The molecule has 1 aromatic carbocycles. The molecule has 108 valence electrons. The van der Waals surface area contributed by atoms with Crippen LogP contribution in [-0.4, -0.2) is 38.1 Å². The quantitative estimate of drug-likeness (QED) is 0.622. The Morgan fingerprint density at radius 1 is 1.45 bits per heavy atom. The lowest BCUT2D eigenvalue weighted by atomic mass is 10.1. The maximum Gasteiger partial charge on any atom is 0.328 e. The maximum atomic E-state index is 11.9. The van der Waals surface area contributed by atoms with Crippen LogP contribution in [-0.2, 0) is 9.53 Å². The zero-order valence-corrected chi connectivity index (χ0v) is 12.0. The van der Waals surface area contributed by atoms with E-state index in [2.05, 4.69) is 0 Å². The topological polar surface area (TPSA) is 55.8 Å². The van der Waals surface area contributed by atoms with Crippen LogP contribution >= 0.6 is 0 Å². The van der Waals surface area contributed by atoms with Gasteiger partial charge in [0, 0.05) is 5.56 Å². The summed E-state index contributed by atoms with van der Waals surface area (Å²) in [6.45, 7) is 4.57. The van der Waals surface area contributed by atoms with Gasteiger partial charge >= 0.3 is 5.97 Å². The first-order chi connectivity index (χ1) is 9.58. The lowest BCUT2D eigenvalue weighted by molar-refractivity contribution is -0.142. The Kier molecular flexibility index (Phi) is 4.27. The zero-order valence-electron chi connectivity index (χ0n) is 12.0. The van der Waals surface area contributed by atoms with E-state index in [0.717, 1.165) is 5.69 Å². The molecule has 1 aliphatic rings. The van der Waals surface area contributed by atoms with Gasteiger partial charge in [-0.25, -0.2) is 4.79 Å². The second-order valence-electron chi connectivity index (χ2n) is 4.73. The standard InChI is InChI=1S/C15H19NO4/c1-4-12(15(18)19-3)16-7-8-20-14-6-5-11(10(2)17)9-13(14)16/h5-6,9,12H,4,7-8H2,1-3H3. The molecular formula is C15H19NO4. The molecule has 0 saturated carbocycles. The van der Waals surface area contributed by atoms with E-state index >= 15 is 0 Å². The summed E-state index contributed by atoms with van der Waals surface area (Å²) in [6, 6.07) is 4.94. The average Bonchev–Trinajstić information content (AvgIpc) is 2.47. The summed E-state index contributed by atoms with van der Waals surface area (Å²) >= 11 is 0. The molecule has 0 amide bonds. The predicted molar refractivity (Wildman–Crippen MR) is 75.4 cm³/mol. The highest BCUT2D eigenvalue weighted by Gasteiger charge is 2.30. The third kappa shape index (κ3) is 2.61. The van der Waals surface area contributed by atoms with Crippen molar-refractivity contribution in [3.63, 3.8) is 0 Å². The number of fused-ring (bicyclic) bond motifs is 1. The van der Waals surface area contributed by atoms with Gasteiger partial charge in [-0.15, -0.1) is 0 Å². The van der Waals surface area contributed by atoms with Crippen LogP contribution in [0, 0.1) is 0 Å². The molecule has 0 aliphatic carbocycles. The monoisotopic (exact) mass is 277 g/mol. The van der Waals surface area contributed by atoms with Crippen molar-refractivity contribution in [1.29, 1.82) is 0 Å². The largest absolute Gasteiger partial charge is 0.490 e. The van der Waals surface area contributed by atoms with E-state index in [0.29, 0.717) is 30.9 Å². The molecule has 0 saturated heterocycles. The van der Waals surface area contributed by atoms with E-state index in [-0.39, 0.29) is 17.8 Å². The Bertz CT molecular complexity index is 527. The normalized spacial score (nSPS) is 15.1. The third-order valence-electron chi connectivity index (χ3n) is 3.50. The van der Waals surface area contributed by atoms with Crippen LogP contribution in [0.1, 0.15) is 30.6 Å². The molecule has 1 atom stereocenters. The van der Waals surface area contributed by atoms with Crippen molar-refractivity contribution in [3.8, 4) is 5.75 Å². The highest BCUT2D eigenvalue weighted by atomic mass is 16.5. The molecule has 0 radical (unpaired) electrons. The number of ketones is 1. The van der Waals surface area contributed by atoms with Gasteiger partial charge in [0.25, 0.3) is 0 Å². The first-order valence-corrected chi connectivity index (χ1v) is 6.70. The summed E-state index contributed by atoms with van der Waals surface area (Å²) in [5, 5.41) is 0. The molecule has 0 fully saturated rings. The molecule has 5 heteroatoms. The fraction of sp³-hybridized carbons (Fsp3) is 0.467. The molecule has 1 aliphatic heterocycles. The number of hydrogen-bond donors (Lipinski definition) is 0. The van der Waals surface area contributed by atoms with Gasteiger partial charge in [-0.1, -0.05) is 6.92 Å². The molecular weight excluding hydrogens is 258 g/mol. The van der Waals surface area contributed by atoms with Gasteiger partial charge in [-0.3, -0.25) is 4.79 Å². The Labute approximate surface area is 118 Å². The van der Waals surface area contributed by atoms with Crippen molar-refractivity contribution in [1.82, 2.24) is 0 Å². The molecule has 5 nitrogen and oxygen atoms in total. The molecule has 1 heterocycles. The Balaban J connectivity index is 2.41. The molecule has 1 aromatic rings. The van der Waals surface area contributed by atoms with Crippen LogP contribution in [0.4, 0.5) is 5.69 Å². The van der Waals surface area contributed by atoms with Crippen LogP contribution < -0.4 is 9.64 Å². The Morgan fingerprint density at radius 3 is 2.80 bits per heavy atom. The molecule has 0 aromatic heterocycles. The number of hydrogen-bond acceptors (Lipinski definition) is 5. The Morgan fingerprint density at radius 2 is 2.20 bits per heavy atom. The number of nitrogens with zero attached hydrogens (tertiary/aromatic N) is 1. The molecule has 20 heavy (non-hydrogen) atoms. The number of carbonyl (C=O) groups excluding carboxylic acids is 2. The maximum absolute atomic E-state index is 11.9. The van der Waals surface area contributed by atoms with Crippen LogP contribution in [0.3, 0.4) is 0 Å². The van der Waals surface area contributed by atoms with Gasteiger partial charge in [0.05, 0.1) is 19.3 Å². The minimum Gasteiger partial charge on any atom is -0.490 e. The summed E-state index contributed by atoms with van der Waals surface area (Å²) in [5.74, 6) is 0.418. The van der Waals surface area contributed by atoms with Crippen LogP contribution in [0.2, 0.25) is 0 Å².